The summed E-state index contributed by atoms with van der Waals surface area (Å²) in [6.45, 7) is 6.45. The van der Waals surface area contributed by atoms with Crippen molar-refractivity contribution in [3.63, 3.8) is 0 Å². The van der Waals surface area contributed by atoms with Crippen molar-refractivity contribution in [1.82, 2.24) is 5.01 Å². The average Bonchev–Trinajstić information content (AvgIpc) is 1.89. The van der Waals surface area contributed by atoms with E-state index >= 15 is 0 Å². The summed E-state index contributed by atoms with van der Waals surface area (Å²) in [6.07, 6.45) is 4.98. The van der Waals surface area contributed by atoms with Crippen LogP contribution in [-0.2, 0) is 0 Å². The van der Waals surface area contributed by atoms with E-state index in [1.165, 1.54) is 19.3 Å². The predicted octanol–water partition coefficient (Wildman–Crippen LogP) is 1.76. The van der Waals surface area contributed by atoms with Gasteiger partial charge in [0.1, 0.15) is 0 Å². The van der Waals surface area contributed by atoms with Gasteiger partial charge < -0.3 is 0 Å². The molecular weight excluding hydrogens is 124 g/mol. The minimum atomic E-state index is 1.03. The van der Waals surface area contributed by atoms with E-state index in [9.17, 15) is 0 Å². The molecule has 0 spiro atoms. The largest absolute Gasteiger partial charge is 0.269 e. The standard InChI is InChI=1S/C8H20N2/c1-3-5-6-8-10(9)7-4-2/h3-9H2,1-2H3. The summed E-state index contributed by atoms with van der Waals surface area (Å²) in [5.41, 5.74) is 0. The first kappa shape index (κ1) is 9.92. The van der Waals surface area contributed by atoms with Crippen LogP contribution in [0.2, 0.25) is 0 Å². The normalized spacial score (nSPS) is 10.8. The topological polar surface area (TPSA) is 29.3 Å². The molecule has 0 atom stereocenters. The molecule has 0 radical (unpaired) electrons. The second-order valence-electron chi connectivity index (χ2n) is 2.74. The number of unbranched alkanes of at least 4 members (excludes halogenated alkanes) is 2. The fraction of sp³-hybridized carbons (Fsp3) is 1.00. The lowest BCUT2D eigenvalue weighted by atomic mass is 10.2. The van der Waals surface area contributed by atoms with Crippen molar-refractivity contribution in [3.05, 3.63) is 0 Å². The third-order valence-electron chi connectivity index (χ3n) is 1.56. The van der Waals surface area contributed by atoms with Crippen LogP contribution in [0.25, 0.3) is 0 Å². The van der Waals surface area contributed by atoms with E-state index in [0.29, 0.717) is 0 Å². The minimum absolute atomic E-state index is 1.03. The first-order chi connectivity index (χ1) is 4.81. The molecule has 0 amide bonds. The molecule has 0 aromatic carbocycles. The number of nitrogens with zero attached hydrogens (tertiary/aromatic N) is 1. The van der Waals surface area contributed by atoms with E-state index in [1.54, 1.807) is 0 Å². The van der Waals surface area contributed by atoms with Gasteiger partial charge in [0.25, 0.3) is 0 Å². The Morgan fingerprint density at radius 2 is 1.70 bits per heavy atom. The van der Waals surface area contributed by atoms with Crippen LogP contribution in [0.4, 0.5) is 0 Å². The van der Waals surface area contributed by atoms with Crippen LogP contribution in [0, 0.1) is 0 Å². The summed E-state index contributed by atoms with van der Waals surface area (Å²) < 4.78 is 0. The van der Waals surface area contributed by atoms with Crippen molar-refractivity contribution in [1.29, 1.82) is 0 Å². The van der Waals surface area contributed by atoms with Crippen molar-refractivity contribution in [3.8, 4) is 0 Å². The molecule has 0 saturated heterocycles. The molecule has 2 nitrogen and oxygen atoms in total. The van der Waals surface area contributed by atoms with Gasteiger partial charge in [0, 0.05) is 13.1 Å². The smallest absolute Gasteiger partial charge is 0.0128 e. The molecule has 0 bridgehead atoms. The van der Waals surface area contributed by atoms with Crippen LogP contribution in [0.3, 0.4) is 0 Å². The van der Waals surface area contributed by atoms with Crippen LogP contribution in [-0.4, -0.2) is 18.1 Å². The molecule has 0 aromatic heterocycles. The Morgan fingerprint density at radius 3 is 2.20 bits per heavy atom. The van der Waals surface area contributed by atoms with E-state index in [0.717, 1.165) is 19.5 Å². The molecule has 62 valence electrons. The molecule has 2 N–H and O–H groups in total. The Balaban J connectivity index is 2.97. The lowest BCUT2D eigenvalue weighted by Gasteiger charge is -2.13. The lowest BCUT2D eigenvalue weighted by molar-refractivity contribution is 0.277. The second-order valence-corrected chi connectivity index (χ2v) is 2.74. The Morgan fingerprint density at radius 1 is 1.00 bits per heavy atom. The summed E-state index contributed by atoms with van der Waals surface area (Å²) in [5.74, 6) is 5.66. The van der Waals surface area contributed by atoms with Crippen LogP contribution in [0.1, 0.15) is 39.5 Å². The Labute approximate surface area is 64.4 Å². The molecule has 2 heteroatoms. The van der Waals surface area contributed by atoms with Gasteiger partial charge in [0.2, 0.25) is 0 Å². The molecule has 0 saturated carbocycles. The summed E-state index contributed by atoms with van der Waals surface area (Å²) in [6, 6.07) is 0. The first-order valence-electron chi connectivity index (χ1n) is 4.30. The van der Waals surface area contributed by atoms with Crippen LogP contribution in [0.5, 0.6) is 0 Å². The number of nitrogens with two attached hydrogens (primary N) is 1. The molecule has 0 aliphatic rings. The van der Waals surface area contributed by atoms with Gasteiger partial charge in [-0.3, -0.25) is 5.84 Å². The fourth-order valence-electron chi connectivity index (χ4n) is 0.964. The van der Waals surface area contributed by atoms with Gasteiger partial charge in [-0.05, 0) is 12.8 Å². The van der Waals surface area contributed by atoms with Crippen molar-refractivity contribution < 1.29 is 0 Å². The van der Waals surface area contributed by atoms with Crippen LogP contribution < -0.4 is 5.84 Å². The molecule has 10 heavy (non-hydrogen) atoms. The van der Waals surface area contributed by atoms with Gasteiger partial charge in [-0.25, -0.2) is 5.01 Å². The van der Waals surface area contributed by atoms with Gasteiger partial charge in [0.05, 0.1) is 0 Å². The Bertz CT molecular complexity index is 64.3. The maximum absolute atomic E-state index is 5.66. The number of hydrogen-bond donors (Lipinski definition) is 1. The minimum Gasteiger partial charge on any atom is -0.269 e. The molecule has 0 aliphatic carbocycles. The highest BCUT2D eigenvalue weighted by Crippen LogP contribution is 1.94. The third-order valence-corrected chi connectivity index (χ3v) is 1.56. The molecule has 0 unspecified atom stereocenters. The van der Waals surface area contributed by atoms with Crippen molar-refractivity contribution in [2.45, 2.75) is 39.5 Å². The zero-order chi connectivity index (χ0) is 7.82. The quantitative estimate of drug-likeness (QED) is 0.350. The second kappa shape index (κ2) is 7.03. The number of hydrogen-bond acceptors (Lipinski definition) is 2. The third kappa shape index (κ3) is 6.05. The predicted molar refractivity (Wildman–Crippen MR) is 45.6 cm³/mol. The maximum atomic E-state index is 5.66. The summed E-state index contributed by atoms with van der Waals surface area (Å²) >= 11 is 0. The molecular formula is C8H20N2. The van der Waals surface area contributed by atoms with Crippen LogP contribution in [0.15, 0.2) is 0 Å². The van der Waals surface area contributed by atoms with E-state index < -0.39 is 0 Å². The Kier molecular flexibility index (Phi) is 6.98. The Hall–Kier alpha value is -0.0800. The van der Waals surface area contributed by atoms with Crippen molar-refractivity contribution in [2.75, 3.05) is 13.1 Å². The van der Waals surface area contributed by atoms with Gasteiger partial charge in [-0.2, -0.15) is 0 Å². The van der Waals surface area contributed by atoms with Gasteiger partial charge in [-0.1, -0.05) is 26.7 Å². The number of hydrazine groups is 1. The highest BCUT2D eigenvalue weighted by atomic mass is 15.4. The van der Waals surface area contributed by atoms with Crippen LogP contribution >= 0.6 is 0 Å². The van der Waals surface area contributed by atoms with E-state index in [2.05, 4.69) is 13.8 Å². The molecule has 0 rings (SSSR count). The lowest BCUT2D eigenvalue weighted by Crippen LogP contribution is -2.32. The molecule has 0 aromatic rings. The summed E-state index contributed by atoms with van der Waals surface area (Å²) in [5, 5.41) is 1.91. The van der Waals surface area contributed by atoms with Gasteiger partial charge in [0.15, 0.2) is 0 Å². The first-order valence-corrected chi connectivity index (χ1v) is 4.30. The monoisotopic (exact) mass is 144 g/mol. The molecule has 0 heterocycles. The van der Waals surface area contributed by atoms with Crippen molar-refractivity contribution >= 4 is 0 Å². The van der Waals surface area contributed by atoms with E-state index in [4.69, 9.17) is 5.84 Å². The maximum Gasteiger partial charge on any atom is 0.0128 e. The SMILES string of the molecule is CCCCCN(N)CCC. The van der Waals surface area contributed by atoms with Crippen molar-refractivity contribution in [2.24, 2.45) is 5.84 Å². The van der Waals surface area contributed by atoms with E-state index in [-0.39, 0.29) is 0 Å². The zero-order valence-corrected chi connectivity index (χ0v) is 7.27. The summed E-state index contributed by atoms with van der Waals surface area (Å²) in [7, 11) is 0. The van der Waals surface area contributed by atoms with Gasteiger partial charge in [-0.15, -0.1) is 0 Å². The average molecular weight is 144 g/mol. The highest BCUT2D eigenvalue weighted by Gasteiger charge is 1.94. The highest BCUT2D eigenvalue weighted by molar-refractivity contribution is 4.46. The molecule has 0 fully saturated rings. The molecule has 0 aliphatic heterocycles. The summed E-state index contributed by atoms with van der Waals surface area (Å²) in [4.78, 5) is 0. The zero-order valence-electron chi connectivity index (χ0n) is 7.27. The van der Waals surface area contributed by atoms with E-state index in [1.807, 2.05) is 5.01 Å². The number of rotatable bonds is 6. The fourth-order valence-corrected chi connectivity index (χ4v) is 0.964. The van der Waals surface area contributed by atoms with Gasteiger partial charge >= 0.3 is 0 Å².